The number of nitrogens with one attached hydrogen (secondary N) is 1. The number of carboxylic acid groups (broad SMARTS) is 1. The lowest BCUT2D eigenvalue weighted by atomic mass is 10.5. The number of carboxylic acids is 1. The van der Waals surface area contributed by atoms with Gasteiger partial charge in [-0.25, -0.2) is 17.9 Å². The van der Waals surface area contributed by atoms with Gasteiger partial charge in [-0.1, -0.05) is 0 Å². The highest BCUT2D eigenvalue weighted by Crippen LogP contribution is 2.18. The second-order valence-corrected chi connectivity index (χ2v) is 6.22. The van der Waals surface area contributed by atoms with Crippen molar-refractivity contribution in [2.24, 2.45) is 0 Å². The van der Waals surface area contributed by atoms with Gasteiger partial charge in [-0.15, -0.1) is 11.3 Å². The van der Waals surface area contributed by atoms with Gasteiger partial charge in [0, 0.05) is 18.5 Å². The van der Waals surface area contributed by atoms with E-state index in [2.05, 4.69) is 4.72 Å². The van der Waals surface area contributed by atoms with Crippen LogP contribution in [0.15, 0.2) is 16.3 Å². The van der Waals surface area contributed by atoms with Crippen molar-refractivity contribution in [2.75, 3.05) is 26.4 Å². The molecule has 3 N–H and O–H groups in total. The average Bonchev–Trinajstić information content (AvgIpc) is 2.84. The first kappa shape index (κ1) is 16.1. The van der Waals surface area contributed by atoms with Crippen LogP contribution >= 0.6 is 11.3 Å². The van der Waals surface area contributed by atoms with Gasteiger partial charge in [-0.3, -0.25) is 0 Å². The minimum Gasteiger partial charge on any atom is -0.477 e. The fraction of sp³-hybridized carbons (Fsp3) is 0.500. The minimum absolute atomic E-state index is 0.0216. The number of aliphatic hydroxyl groups excluding tert-OH is 1. The number of aromatic carboxylic acids is 1. The molecule has 0 spiro atoms. The van der Waals surface area contributed by atoms with Gasteiger partial charge in [0.15, 0.2) is 0 Å². The molecule has 19 heavy (non-hydrogen) atoms. The first-order chi connectivity index (χ1) is 8.97. The predicted octanol–water partition coefficient (Wildman–Crippen LogP) is 0.124. The number of hydrogen-bond acceptors (Lipinski definition) is 6. The van der Waals surface area contributed by atoms with E-state index < -0.39 is 16.0 Å². The largest absolute Gasteiger partial charge is 0.477 e. The molecule has 7 nitrogen and oxygen atoms in total. The Morgan fingerprint density at radius 1 is 1.42 bits per heavy atom. The lowest BCUT2D eigenvalue weighted by Gasteiger charge is -2.05. The van der Waals surface area contributed by atoms with E-state index >= 15 is 0 Å². The number of carbonyl (C=O) groups is 1. The third-order valence-corrected chi connectivity index (χ3v) is 4.60. The second kappa shape index (κ2) is 7.56. The van der Waals surface area contributed by atoms with E-state index in [-0.39, 0.29) is 29.5 Å². The first-order valence-corrected chi connectivity index (χ1v) is 7.84. The van der Waals surface area contributed by atoms with Crippen molar-refractivity contribution in [3.8, 4) is 0 Å². The molecule has 0 aromatic carbocycles. The lowest BCUT2D eigenvalue weighted by Crippen LogP contribution is -2.25. The molecule has 0 bridgehead atoms. The molecule has 0 aliphatic heterocycles. The quantitative estimate of drug-likeness (QED) is 0.559. The summed E-state index contributed by atoms with van der Waals surface area (Å²) in [5, 5.41) is 18.5. The molecule has 0 amide bonds. The maximum Gasteiger partial charge on any atom is 0.345 e. The molecule has 0 saturated carbocycles. The molecule has 1 aromatic rings. The third kappa shape index (κ3) is 5.25. The molecule has 0 radical (unpaired) electrons. The highest BCUT2D eigenvalue weighted by Gasteiger charge is 2.17. The Labute approximate surface area is 114 Å². The molecule has 108 valence electrons. The van der Waals surface area contributed by atoms with Crippen molar-refractivity contribution in [3.05, 3.63) is 16.3 Å². The molecule has 0 atom stereocenters. The Hall–Kier alpha value is -1.00. The second-order valence-electron chi connectivity index (χ2n) is 3.54. The van der Waals surface area contributed by atoms with Crippen LogP contribution < -0.4 is 4.72 Å². The summed E-state index contributed by atoms with van der Waals surface area (Å²) >= 11 is 0.864. The highest BCUT2D eigenvalue weighted by molar-refractivity contribution is 7.89. The molecular weight excluding hydrogens is 294 g/mol. The van der Waals surface area contributed by atoms with Crippen LogP contribution in [0.2, 0.25) is 0 Å². The highest BCUT2D eigenvalue weighted by atomic mass is 32.2. The van der Waals surface area contributed by atoms with E-state index in [1.807, 2.05) is 0 Å². The van der Waals surface area contributed by atoms with Gasteiger partial charge >= 0.3 is 5.97 Å². The van der Waals surface area contributed by atoms with Crippen LogP contribution in [0.5, 0.6) is 0 Å². The van der Waals surface area contributed by atoms with Crippen molar-refractivity contribution < 1.29 is 28.2 Å². The van der Waals surface area contributed by atoms with Crippen molar-refractivity contribution in [2.45, 2.75) is 11.3 Å². The number of hydrogen-bond donors (Lipinski definition) is 3. The average molecular weight is 309 g/mol. The maximum atomic E-state index is 11.8. The normalized spacial score (nSPS) is 11.6. The molecule has 0 saturated heterocycles. The van der Waals surface area contributed by atoms with Crippen LogP contribution in [0.3, 0.4) is 0 Å². The van der Waals surface area contributed by atoms with Crippen molar-refractivity contribution in [1.29, 1.82) is 0 Å². The summed E-state index contributed by atoms with van der Waals surface area (Å²) in [4.78, 5) is 10.6. The van der Waals surface area contributed by atoms with Crippen LogP contribution in [-0.2, 0) is 14.8 Å². The lowest BCUT2D eigenvalue weighted by molar-refractivity contribution is 0.0702. The molecule has 1 rings (SSSR count). The summed E-state index contributed by atoms with van der Waals surface area (Å²) in [5.74, 6) is -1.15. The van der Waals surface area contributed by atoms with Gasteiger partial charge in [-0.2, -0.15) is 0 Å². The number of thiophene rings is 1. The SMILES string of the molecule is O=C(O)c1cc(S(=O)(=O)NCCCOCCO)cs1. The van der Waals surface area contributed by atoms with Gasteiger partial charge in [0.1, 0.15) is 4.88 Å². The van der Waals surface area contributed by atoms with E-state index in [1.165, 1.54) is 5.38 Å². The van der Waals surface area contributed by atoms with Crippen molar-refractivity contribution in [3.63, 3.8) is 0 Å². The molecule has 1 heterocycles. The summed E-state index contributed by atoms with van der Waals surface area (Å²) in [5.41, 5.74) is 0. The fourth-order valence-electron chi connectivity index (χ4n) is 1.20. The molecule has 0 fully saturated rings. The molecule has 0 unspecified atom stereocenters. The molecular formula is C10H15NO6S2. The summed E-state index contributed by atoms with van der Waals surface area (Å²) in [6, 6.07) is 1.12. The number of aliphatic hydroxyl groups is 1. The Bertz CT molecular complexity index is 510. The zero-order valence-corrected chi connectivity index (χ0v) is 11.7. The monoisotopic (exact) mass is 309 g/mol. The molecule has 9 heteroatoms. The summed E-state index contributed by atoms with van der Waals surface area (Å²) in [6.45, 7) is 0.678. The molecule has 0 aliphatic carbocycles. The van der Waals surface area contributed by atoms with Crippen LogP contribution in [0.1, 0.15) is 16.1 Å². The predicted molar refractivity (Wildman–Crippen MR) is 69.0 cm³/mol. The smallest absolute Gasteiger partial charge is 0.345 e. The molecule has 1 aromatic heterocycles. The van der Waals surface area contributed by atoms with Crippen LogP contribution in [0.25, 0.3) is 0 Å². The molecule has 0 aliphatic rings. The van der Waals surface area contributed by atoms with Crippen LogP contribution in [0.4, 0.5) is 0 Å². The van der Waals surface area contributed by atoms with E-state index in [0.717, 1.165) is 17.4 Å². The summed E-state index contributed by atoms with van der Waals surface area (Å²) in [7, 11) is -3.67. The third-order valence-electron chi connectivity index (χ3n) is 2.09. The zero-order chi connectivity index (χ0) is 14.3. The van der Waals surface area contributed by atoms with Crippen molar-refractivity contribution >= 4 is 27.3 Å². The van der Waals surface area contributed by atoms with Gasteiger partial charge < -0.3 is 14.9 Å². The summed E-state index contributed by atoms with van der Waals surface area (Å²) < 4.78 is 30.9. The fourth-order valence-corrected chi connectivity index (χ4v) is 3.39. The van der Waals surface area contributed by atoms with Crippen LogP contribution in [0, 0.1) is 0 Å². The number of rotatable bonds is 9. The van der Waals surface area contributed by atoms with E-state index in [0.29, 0.717) is 13.0 Å². The Morgan fingerprint density at radius 2 is 2.16 bits per heavy atom. The van der Waals surface area contributed by atoms with E-state index in [9.17, 15) is 13.2 Å². The Morgan fingerprint density at radius 3 is 2.74 bits per heavy atom. The van der Waals surface area contributed by atoms with Gasteiger partial charge in [0.25, 0.3) is 0 Å². The number of sulfonamides is 1. The summed E-state index contributed by atoms with van der Waals surface area (Å²) in [6.07, 6.45) is 0.467. The van der Waals surface area contributed by atoms with Gasteiger partial charge in [0.05, 0.1) is 18.1 Å². The zero-order valence-electron chi connectivity index (χ0n) is 10.0. The topological polar surface area (TPSA) is 113 Å². The Balaban J connectivity index is 2.44. The maximum absolute atomic E-state index is 11.8. The standard InChI is InChI=1S/C10H15NO6S2/c12-3-5-17-4-1-2-11-19(15,16)8-6-9(10(13)14)18-7-8/h6-7,11-12H,1-5H2,(H,13,14). The van der Waals surface area contributed by atoms with Gasteiger partial charge in [0.2, 0.25) is 10.0 Å². The van der Waals surface area contributed by atoms with E-state index in [1.54, 1.807) is 0 Å². The first-order valence-electron chi connectivity index (χ1n) is 5.47. The van der Waals surface area contributed by atoms with Crippen LogP contribution in [-0.4, -0.2) is 51.0 Å². The number of ether oxygens (including phenoxy) is 1. The van der Waals surface area contributed by atoms with Gasteiger partial charge in [-0.05, 0) is 12.5 Å². The minimum atomic E-state index is -3.67. The van der Waals surface area contributed by atoms with E-state index in [4.69, 9.17) is 14.9 Å². The Kier molecular flexibility index (Phi) is 6.38. The van der Waals surface area contributed by atoms with Crippen molar-refractivity contribution in [1.82, 2.24) is 4.72 Å².